The summed E-state index contributed by atoms with van der Waals surface area (Å²) >= 11 is 0. The summed E-state index contributed by atoms with van der Waals surface area (Å²) < 4.78 is 1.77. The lowest BCUT2D eigenvalue weighted by atomic mass is 9.81. The summed E-state index contributed by atoms with van der Waals surface area (Å²) in [7, 11) is 0. The summed E-state index contributed by atoms with van der Waals surface area (Å²) in [6, 6.07) is 16.8. The molecular formula is C22H25N5O. The number of nitrogens with one attached hydrogen (secondary N) is 2. The number of rotatable bonds is 3. The van der Waals surface area contributed by atoms with Gasteiger partial charge in [-0.15, -0.1) is 0 Å². The van der Waals surface area contributed by atoms with Crippen LogP contribution in [-0.2, 0) is 0 Å². The number of aromatic nitrogens is 2. The molecule has 0 saturated carbocycles. The fourth-order valence-electron chi connectivity index (χ4n) is 4.74. The van der Waals surface area contributed by atoms with Gasteiger partial charge in [-0.05, 0) is 36.5 Å². The molecule has 1 aromatic carbocycles. The Morgan fingerprint density at radius 2 is 1.96 bits per heavy atom. The van der Waals surface area contributed by atoms with Crippen LogP contribution in [0, 0.1) is 5.92 Å². The van der Waals surface area contributed by atoms with Gasteiger partial charge in [0.1, 0.15) is 0 Å². The molecule has 6 nitrogen and oxygen atoms in total. The Bertz CT molecular complexity index is 969. The van der Waals surface area contributed by atoms with E-state index in [0.29, 0.717) is 23.4 Å². The molecule has 0 spiro atoms. The standard InChI is InChI=1S/C22H25N5O/c28-22(19-14-24-27-12-5-4-10-20(19)27)26-11-6-9-17(15-26)21-18(13-23-25-21)16-7-2-1-3-8-16/h1-5,7-8,10,12,14,17-18,21,23,25H,6,9,11,13,15H2. The molecule has 0 radical (unpaired) electrons. The number of hydrogen-bond acceptors (Lipinski definition) is 4. The average Bonchev–Trinajstić information content (AvgIpc) is 3.41. The highest BCUT2D eigenvalue weighted by atomic mass is 16.2. The summed E-state index contributed by atoms with van der Waals surface area (Å²) in [5, 5.41) is 4.33. The molecule has 2 N–H and O–H groups in total. The molecule has 3 unspecified atom stereocenters. The maximum atomic E-state index is 13.2. The quantitative estimate of drug-likeness (QED) is 0.738. The molecule has 0 bridgehead atoms. The molecule has 4 heterocycles. The number of carbonyl (C=O) groups is 1. The van der Waals surface area contributed by atoms with Crippen LogP contribution in [0.15, 0.2) is 60.9 Å². The molecule has 0 aliphatic carbocycles. The van der Waals surface area contributed by atoms with E-state index < -0.39 is 0 Å². The number of hydrazine groups is 1. The minimum absolute atomic E-state index is 0.0908. The maximum Gasteiger partial charge on any atom is 0.257 e. The Morgan fingerprint density at radius 1 is 1.11 bits per heavy atom. The number of nitrogens with zero attached hydrogens (tertiary/aromatic N) is 3. The van der Waals surface area contributed by atoms with Gasteiger partial charge in [-0.3, -0.25) is 15.6 Å². The first-order chi connectivity index (χ1) is 13.8. The predicted molar refractivity (Wildman–Crippen MR) is 108 cm³/mol. The van der Waals surface area contributed by atoms with Gasteiger partial charge in [-0.25, -0.2) is 4.52 Å². The summed E-state index contributed by atoms with van der Waals surface area (Å²) in [4.78, 5) is 15.2. The normalized spacial score (nSPS) is 25.3. The molecule has 5 rings (SSSR count). The summed E-state index contributed by atoms with van der Waals surface area (Å²) in [5.74, 6) is 0.950. The van der Waals surface area contributed by atoms with Crippen molar-refractivity contribution < 1.29 is 4.79 Å². The zero-order chi connectivity index (χ0) is 18.9. The molecule has 144 valence electrons. The van der Waals surface area contributed by atoms with Crippen molar-refractivity contribution in [2.24, 2.45) is 5.92 Å². The van der Waals surface area contributed by atoms with Crippen molar-refractivity contribution in [3.05, 3.63) is 72.1 Å². The van der Waals surface area contributed by atoms with Crippen LogP contribution in [0.2, 0.25) is 0 Å². The molecular weight excluding hydrogens is 350 g/mol. The summed E-state index contributed by atoms with van der Waals surface area (Å²) in [6.07, 6.45) is 5.75. The lowest BCUT2D eigenvalue weighted by Crippen LogP contribution is -2.48. The molecule has 2 fully saturated rings. The Morgan fingerprint density at radius 3 is 2.86 bits per heavy atom. The van der Waals surface area contributed by atoms with E-state index in [9.17, 15) is 4.79 Å². The first-order valence-electron chi connectivity index (χ1n) is 10.1. The van der Waals surface area contributed by atoms with Gasteiger partial charge in [0.25, 0.3) is 5.91 Å². The first-order valence-corrected chi connectivity index (χ1v) is 10.1. The smallest absolute Gasteiger partial charge is 0.257 e. The highest BCUT2D eigenvalue weighted by Gasteiger charge is 2.37. The van der Waals surface area contributed by atoms with Crippen molar-refractivity contribution in [3.63, 3.8) is 0 Å². The van der Waals surface area contributed by atoms with Crippen LogP contribution in [-0.4, -0.2) is 46.1 Å². The second-order valence-corrected chi connectivity index (χ2v) is 7.81. The number of pyridine rings is 1. The SMILES string of the molecule is O=C(c1cnn2ccccc12)N1CCCC(C2NNCC2c2ccccc2)C1. The van der Waals surface area contributed by atoms with Crippen molar-refractivity contribution in [3.8, 4) is 0 Å². The van der Waals surface area contributed by atoms with E-state index in [4.69, 9.17) is 0 Å². The van der Waals surface area contributed by atoms with E-state index in [1.165, 1.54) is 5.56 Å². The van der Waals surface area contributed by atoms with Crippen molar-refractivity contribution >= 4 is 11.4 Å². The zero-order valence-electron chi connectivity index (χ0n) is 15.8. The highest BCUT2D eigenvalue weighted by Crippen LogP contribution is 2.32. The Kier molecular flexibility index (Phi) is 4.58. The largest absolute Gasteiger partial charge is 0.338 e. The molecule has 3 aromatic rings. The van der Waals surface area contributed by atoms with Crippen LogP contribution in [0.1, 0.15) is 34.7 Å². The monoisotopic (exact) mass is 375 g/mol. The van der Waals surface area contributed by atoms with E-state index >= 15 is 0 Å². The maximum absolute atomic E-state index is 13.2. The minimum Gasteiger partial charge on any atom is -0.338 e. The molecule has 3 atom stereocenters. The summed E-state index contributed by atoms with van der Waals surface area (Å²) in [6.45, 7) is 2.52. The van der Waals surface area contributed by atoms with E-state index in [1.54, 1.807) is 10.7 Å². The van der Waals surface area contributed by atoms with Gasteiger partial charge in [0.15, 0.2) is 0 Å². The third kappa shape index (κ3) is 3.08. The number of hydrogen-bond donors (Lipinski definition) is 2. The second kappa shape index (κ2) is 7.37. The van der Waals surface area contributed by atoms with Crippen LogP contribution < -0.4 is 10.9 Å². The molecule has 2 aliphatic rings. The average molecular weight is 375 g/mol. The van der Waals surface area contributed by atoms with Gasteiger partial charge in [-0.2, -0.15) is 5.10 Å². The van der Waals surface area contributed by atoms with Crippen LogP contribution in [0.4, 0.5) is 0 Å². The van der Waals surface area contributed by atoms with Crippen LogP contribution >= 0.6 is 0 Å². The lowest BCUT2D eigenvalue weighted by molar-refractivity contribution is 0.0646. The van der Waals surface area contributed by atoms with Crippen molar-refractivity contribution in [2.45, 2.75) is 24.8 Å². The van der Waals surface area contributed by atoms with Gasteiger partial charge < -0.3 is 4.90 Å². The first kappa shape index (κ1) is 17.4. The molecule has 28 heavy (non-hydrogen) atoms. The van der Waals surface area contributed by atoms with Crippen molar-refractivity contribution in [1.29, 1.82) is 0 Å². The van der Waals surface area contributed by atoms with Crippen LogP contribution in [0.25, 0.3) is 5.52 Å². The van der Waals surface area contributed by atoms with E-state index in [-0.39, 0.29) is 5.91 Å². The number of piperidine rings is 1. The Balaban J connectivity index is 1.35. The number of carbonyl (C=O) groups excluding carboxylic acids is 1. The number of fused-ring (bicyclic) bond motifs is 1. The molecule has 2 saturated heterocycles. The topological polar surface area (TPSA) is 61.7 Å². The Hall–Kier alpha value is -2.70. The van der Waals surface area contributed by atoms with E-state index in [0.717, 1.165) is 38.0 Å². The van der Waals surface area contributed by atoms with Gasteiger partial charge in [0.2, 0.25) is 0 Å². The van der Waals surface area contributed by atoms with Gasteiger partial charge in [0.05, 0.1) is 17.3 Å². The predicted octanol–water partition coefficient (Wildman–Crippen LogP) is 2.45. The second-order valence-electron chi connectivity index (χ2n) is 7.81. The fraction of sp³-hybridized carbons (Fsp3) is 0.364. The van der Waals surface area contributed by atoms with Crippen molar-refractivity contribution in [2.75, 3.05) is 19.6 Å². The van der Waals surface area contributed by atoms with Gasteiger partial charge in [0, 0.05) is 37.8 Å². The zero-order valence-corrected chi connectivity index (χ0v) is 15.8. The van der Waals surface area contributed by atoms with E-state index in [2.05, 4.69) is 46.3 Å². The highest BCUT2D eigenvalue weighted by molar-refractivity contribution is 6.00. The fourth-order valence-corrected chi connectivity index (χ4v) is 4.74. The molecule has 6 heteroatoms. The lowest BCUT2D eigenvalue weighted by Gasteiger charge is -2.37. The number of benzene rings is 1. The molecule has 2 aliphatic heterocycles. The number of likely N-dealkylation sites (tertiary alicyclic amines) is 1. The summed E-state index contributed by atoms with van der Waals surface area (Å²) in [5.41, 5.74) is 9.76. The van der Waals surface area contributed by atoms with Gasteiger partial charge >= 0.3 is 0 Å². The van der Waals surface area contributed by atoms with Gasteiger partial charge in [-0.1, -0.05) is 36.4 Å². The Labute approximate surface area is 164 Å². The van der Waals surface area contributed by atoms with E-state index in [1.807, 2.05) is 29.3 Å². The molecule has 2 aromatic heterocycles. The third-order valence-corrected chi connectivity index (χ3v) is 6.16. The van der Waals surface area contributed by atoms with Crippen LogP contribution in [0.5, 0.6) is 0 Å². The number of amides is 1. The molecule has 1 amide bonds. The minimum atomic E-state index is 0.0908. The third-order valence-electron chi connectivity index (χ3n) is 6.16. The van der Waals surface area contributed by atoms with Crippen molar-refractivity contribution in [1.82, 2.24) is 25.4 Å². The van der Waals surface area contributed by atoms with Crippen LogP contribution in [0.3, 0.4) is 0 Å².